The van der Waals surface area contributed by atoms with Gasteiger partial charge in [0.05, 0.1) is 5.39 Å². The van der Waals surface area contributed by atoms with Crippen molar-refractivity contribution in [2.45, 2.75) is 19.9 Å². The summed E-state index contributed by atoms with van der Waals surface area (Å²) in [7, 11) is 0. The fourth-order valence-electron chi connectivity index (χ4n) is 1.54. The maximum Gasteiger partial charge on any atom is 0.264 e. The first-order valence-electron chi connectivity index (χ1n) is 4.95. The Balaban J connectivity index is 2.80. The molecule has 2 aromatic rings. The molecule has 2 rings (SSSR count). The molecule has 84 valence electrons. The van der Waals surface area contributed by atoms with Crippen LogP contribution >= 0.6 is 15.9 Å². The van der Waals surface area contributed by atoms with Gasteiger partial charge in [0.25, 0.3) is 5.56 Å². The van der Waals surface area contributed by atoms with Gasteiger partial charge in [-0.05, 0) is 28.4 Å². The third-order valence-electron chi connectivity index (χ3n) is 2.25. The zero-order valence-electron chi connectivity index (χ0n) is 8.77. The Morgan fingerprint density at radius 2 is 2.31 bits per heavy atom. The average molecular weight is 283 g/mol. The molecule has 0 radical (unpaired) electrons. The van der Waals surface area contributed by atoms with Gasteiger partial charge in [-0.1, -0.05) is 6.92 Å². The quantitative estimate of drug-likeness (QED) is 0.907. The second-order valence-corrected chi connectivity index (χ2v) is 4.37. The number of anilines is 1. The van der Waals surface area contributed by atoms with Crippen molar-refractivity contribution in [2.24, 2.45) is 0 Å². The lowest BCUT2D eigenvalue weighted by molar-refractivity contribution is 0.658. The van der Waals surface area contributed by atoms with Crippen molar-refractivity contribution in [2.75, 3.05) is 5.73 Å². The minimum atomic E-state index is -0.141. The smallest absolute Gasteiger partial charge is 0.264 e. The zero-order valence-corrected chi connectivity index (χ0v) is 10.4. The van der Waals surface area contributed by atoms with Gasteiger partial charge in [0.15, 0.2) is 5.65 Å². The van der Waals surface area contributed by atoms with Crippen LogP contribution in [0.3, 0.4) is 0 Å². The van der Waals surface area contributed by atoms with Crippen molar-refractivity contribution in [3.05, 3.63) is 27.1 Å². The van der Waals surface area contributed by atoms with Crippen LogP contribution in [0.25, 0.3) is 11.0 Å². The molecule has 0 aliphatic rings. The molecule has 6 heteroatoms. The van der Waals surface area contributed by atoms with Crippen molar-refractivity contribution in [3.8, 4) is 0 Å². The minimum absolute atomic E-state index is 0.141. The number of nitrogens with two attached hydrogens (primary N) is 1. The largest absolute Gasteiger partial charge is 0.369 e. The summed E-state index contributed by atoms with van der Waals surface area (Å²) < 4.78 is 2.22. The molecule has 2 N–H and O–H groups in total. The summed E-state index contributed by atoms with van der Waals surface area (Å²) in [5.41, 5.74) is 5.96. The molecule has 16 heavy (non-hydrogen) atoms. The normalized spacial score (nSPS) is 10.9. The number of hydrogen-bond donors (Lipinski definition) is 1. The van der Waals surface area contributed by atoms with Crippen molar-refractivity contribution < 1.29 is 0 Å². The van der Waals surface area contributed by atoms with Gasteiger partial charge < -0.3 is 5.73 Å². The van der Waals surface area contributed by atoms with Crippen molar-refractivity contribution in [3.63, 3.8) is 0 Å². The van der Waals surface area contributed by atoms with Crippen LogP contribution in [0.4, 0.5) is 5.95 Å². The van der Waals surface area contributed by atoms with Gasteiger partial charge in [-0.2, -0.15) is 4.98 Å². The molecule has 0 atom stereocenters. The Labute approximate surface area is 100 Å². The molecule has 0 aliphatic carbocycles. The number of halogens is 1. The summed E-state index contributed by atoms with van der Waals surface area (Å²) >= 11 is 3.28. The molecule has 0 aromatic carbocycles. The topological polar surface area (TPSA) is 73.8 Å². The highest BCUT2D eigenvalue weighted by Gasteiger charge is 2.09. The van der Waals surface area contributed by atoms with Gasteiger partial charge in [-0.15, -0.1) is 0 Å². The highest BCUT2D eigenvalue weighted by Crippen LogP contribution is 2.13. The summed E-state index contributed by atoms with van der Waals surface area (Å²) in [6.07, 6.45) is 2.43. The number of hydrogen-bond acceptors (Lipinski definition) is 4. The number of nitrogens with zero attached hydrogens (tertiary/aromatic N) is 3. The lowest BCUT2D eigenvalue weighted by atomic mass is 10.3. The highest BCUT2D eigenvalue weighted by atomic mass is 79.9. The fourth-order valence-corrected chi connectivity index (χ4v) is 1.87. The molecule has 0 saturated heterocycles. The maximum absolute atomic E-state index is 12.1. The Morgan fingerprint density at radius 3 is 3.00 bits per heavy atom. The van der Waals surface area contributed by atoms with Gasteiger partial charge in [0.1, 0.15) is 0 Å². The summed E-state index contributed by atoms with van der Waals surface area (Å²) in [5.74, 6) is 0.217. The first-order valence-corrected chi connectivity index (χ1v) is 5.74. The molecule has 5 nitrogen and oxygen atoms in total. The molecular formula is C10H11BrN4O. The number of aromatic nitrogens is 3. The van der Waals surface area contributed by atoms with Crippen LogP contribution in [0, 0.1) is 0 Å². The van der Waals surface area contributed by atoms with Crippen molar-refractivity contribution >= 4 is 32.9 Å². The fraction of sp³-hybridized carbons (Fsp3) is 0.300. The third-order valence-corrected chi connectivity index (χ3v) is 2.69. The van der Waals surface area contributed by atoms with E-state index in [0.717, 1.165) is 10.9 Å². The van der Waals surface area contributed by atoms with E-state index in [-0.39, 0.29) is 11.5 Å². The van der Waals surface area contributed by atoms with Gasteiger partial charge in [0, 0.05) is 17.2 Å². The summed E-state index contributed by atoms with van der Waals surface area (Å²) in [6, 6.07) is 1.71. The van der Waals surface area contributed by atoms with E-state index in [1.54, 1.807) is 12.3 Å². The molecular weight excluding hydrogens is 272 g/mol. The van der Waals surface area contributed by atoms with Gasteiger partial charge >= 0.3 is 0 Å². The van der Waals surface area contributed by atoms with E-state index in [2.05, 4.69) is 25.9 Å². The lowest BCUT2D eigenvalue weighted by Gasteiger charge is -2.08. The zero-order chi connectivity index (χ0) is 11.7. The van der Waals surface area contributed by atoms with Crippen LogP contribution in [0.2, 0.25) is 0 Å². The number of pyridine rings is 1. The predicted octanol–water partition coefficient (Wildman–Crippen LogP) is 1.55. The van der Waals surface area contributed by atoms with Gasteiger partial charge in [0.2, 0.25) is 5.95 Å². The Kier molecular flexibility index (Phi) is 2.91. The molecule has 0 saturated carbocycles. The van der Waals surface area contributed by atoms with E-state index in [9.17, 15) is 4.79 Å². The minimum Gasteiger partial charge on any atom is -0.369 e. The van der Waals surface area contributed by atoms with E-state index in [1.165, 1.54) is 4.57 Å². The lowest BCUT2D eigenvalue weighted by Crippen LogP contribution is -2.24. The van der Waals surface area contributed by atoms with E-state index in [0.29, 0.717) is 17.6 Å². The van der Waals surface area contributed by atoms with Gasteiger partial charge in [-0.25, -0.2) is 4.98 Å². The Bertz CT molecular complexity index is 593. The van der Waals surface area contributed by atoms with Crippen LogP contribution in [-0.2, 0) is 6.54 Å². The Morgan fingerprint density at radius 1 is 1.56 bits per heavy atom. The molecule has 0 aliphatic heterocycles. The van der Waals surface area contributed by atoms with Gasteiger partial charge in [-0.3, -0.25) is 9.36 Å². The van der Waals surface area contributed by atoms with Crippen molar-refractivity contribution in [1.82, 2.24) is 14.5 Å². The van der Waals surface area contributed by atoms with Crippen LogP contribution in [0.5, 0.6) is 0 Å². The van der Waals surface area contributed by atoms with E-state index in [4.69, 9.17) is 5.73 Å². The molecule has 0 unspecified atom stereocenters. The molecule has 0 fully saturated rings. The first-order chi connectivity index (χ1) is 7.63. The van der Waals surface area contributed by atoms with Crippen molar-refractivity contribution in [1.29, 1.82) is 0 Å². The molecule has 0 spiro atoms. The SMILES string of the molecule is CCCn1c(N)nc2ncc(Br)cc2c1=O. The van der Waals surface area contributed by atoms with Crippen LogP contribution in [0.1, 0.15) is 13.3 Å². The summed E-state index contributed by atoms with van der Waals surface area (Å²) in [6.45, 7) is 2.55. The second-order valence-electron chi connectivity index (χ2n) is 3.45. The van der Waals surface area contributed by atoms with Crippen LogP contribution in [-0.4, -0.2) is 14.5 Å². The summed E-state index contributed by atoms with van der Waals surface area (Å²) in [5, 5.41) is 0.483. The highest BCUT2D eigenvalue weighted by molar-refractivity contribution is 9.10. The third kappa shape index (κ3) is 1.80. The number of fused-ring (bicyclic) bond motifs is 1. The molecule has 0 bridgehead atoms. The molecule has 2 heterocycles. The van der Waals surface area contributed by atoms with E-state index < -0.39 is 0 Å². The van der Waals surface area contributed by atoms with Crippen LogP contribution in [0.15, 0.2) is 21.5 Å². The van der Waals surface area contributed by atoms with Crippen LogP contribution < -0.4 is 11.3 Å². The number of nitrogen functional groups attached to an aromatic ring is 1. The first kappa shape index (κ1) is 11.1. The van der Waals surface area contributed by atoms with E-state index in [1.807, 2.05) is 6.92 Å². The number of rotatable bonds is 2. The average Bonchev–Trinajstić information content (AvgIpc) is 2.26. The summed E-state index contributed by atoms with van der Waals surface area (Å²) in [4.78, 5) is 20.2. The second kappa shape index (κ2) is 4.21. The standard InChI is InChI=1S/C10H11BrN4O/c1-2-3-15-9(16)7-4-6(11)5-13-8(7)14-10(15)12/h4-5H,2-3H2,1H3,(H2,12,13,14). The molecule has 0 amide bonds. The molecule has 2 aromatic heterocycles. The monoisotopic (exact) mass is 282 g/mol. The maximum atomic E-state index is 12.1. The van der Waals surface area contributed by atoms with E-state index >= 15 is 0 Å². The predicted molar refractivity (Wildman–Crippen MR) is 66.2 cm³/mol. The Hall–Kier alpha value is -1.43.